The lowest BCUT2D eigenvalue weighted by Crippen LogP contribution is -2.36. The maximum Gasteiger partial charge on any atom is 0.262 e. The number of aromatic amines is 1. The summed E-state index contributed by atoms with van der Waals surface area (Å²) in [6, 6.07) is 15.8. The molecular weight excluding hydrogens is 397 g/mol. The second kappa shape index (κ2) is 8.16. The lowest BCUT2D eigenvalue weighted by atomic mass is 10.1. The summed E-state index contributed by atoms with van der Waals surface area (Å²) in [4.78, 5) is 26.3. The molecule has 156 valence electrons. The van der Waals surface area contributed by atoms with Gasteiger partial charge in [0.2, 0.25) is 0 Å². The Morgan fingerprint density at radius 3 is 2.65 bits per heavy atom. The van der Waals surface area contributed by atoms with Crippen molar-refractivity contribution >= 4 is 28.1 Å². The zero-order chi connectivity index (χ0) is 21.2. The van der Waals surface area contributed by atoms with Crippen molar-refractivity contribution in [2.24, 2.45) is 0 Å². The van der Waals surface area contributed by atoms with Crippen molar-refractivity contribution in [2.75, 3.05) is 36.5 Å². The first-order chi connectivity index (χ1) is 15.2. The van der Waals surface area contributed by atoms with Crippen molar-refractivity contribution in [1.29, 1.82) is 0 Å². The summed E-state index contributed by atoms with van der Waals surface area (Å²) >= 11 is 0. The molecule has 0 spiro atoms. The van der Waals surface area contributed by atoms with E-state index in [1.54, 1.807) is 18.2 Å². The normalized spacial score (nSPS) is 14.0. The summed E-state index contributed by atoms with van der Waals surface area (Å²) in [6.07, 6.45) is 1.35. The van der Waals surface area contributed by atoms with Crippen LogP contribution in [-0.4, -0.2) is 41.3 Å². The highest BCUT2D eigenvalue weighted by Crippen LogP contribution is 2.28. The van der Waals surface area contributed by atoms with E-state index in [1.807, 2.05) is 24.3 Å². The first-order valence-corrected chi connectivity index (χ1v) is 10.0. The van der Waals surface area contributed by atoms with Gasteiger partial charge in [-0.2, -0.15) is 0 Å². The topological polar surface area (TPSA) is 83.1 Å². The van der Waals surface area contributed by atoms with Gasteiger partial charge in [-0.25, -0.2) is 14.4 Å². The van der Waals surface area contributed by atoms with Gasteiger partial charge in [0, 0.05) is 30.0 Å². The molecule has 0 atom stereocenters. The molecule has 2 N–H and O–H groups in total. The van der Waals surface area contributed by atoms with Gasteiger partial charge in [0.25, 0.3) is 5.56 Å². The zero-order valence-corrected chi connectivity index (χ0v) is 16.6. The molecule has 5 rings (SSSR count). The number of nitrogens with zero attached hydrogens (tertiary/aromatic N) is 3. The molecule has 0 saturated carbocycles. The molecule has 1 saturated heterocycles. The highest BCUT2D eigenvalue weighted by atomic mass is 19.1. The van der Waals surface area contributed by atoms with Gasteiger partial charge in [0.1, 0.15) is 17.0 Å². The van der Waals surface area contributed by atoms with Gasteiger partial charge in [-0.15, -0.1) is 0 Å². The van der Waals surface area contributed by atoms with Gasteiger partial charge in [-0.1, -0.05) is 12.1 Å². The molecule has 2 aromatic carbocycles. The van der Waals surface area contributed by atoms with Crippen molar-refractivity contribution in [3.63, 3.8) is 0 Å². The summed E-state index contributed by atoms with van der Waals surface area (Å²) < 4.78 is 19.2. The average molecular weight is 417 g/mol. The van der Waals surface area contributed by atoms with E-state index >= 15 is 0 Å². The number of ether oxygens (including phenoxy) is 1. The molecule has 0 amide bonds. The largest absolute Gasteiger partial charge is 0.378 e. The maximum absolute atomic E-state index is 13.7. The van der Waals surface area contributed by atoms with E-state index in [1.165, 1.54) is 18.5 Å². The summed E-state index contributed by atoms with van der Waals surface area (Å²) in [6.45, 7) is 3.16. The van der Waals surface area contributed by atoms with E-state index < -0.39 is 0 Å². The Bertz CT molecular complexity index is 1280. The molecule has 2 aromatic heterocycles. The minimum absolute atomic E-state index is 0.296. The van der Waals surface area contributed by atoms with Gasteiger partial charge in [-0.05, 0) is 42.5 Å². The Hall–Kier alpha value is -3.78. The fraction of sp³-hybridized carbons (Fsp3) is 0.174. The molecule has 7 nitrogen and oxygen atoms in total. The van der Waals surface area contributed by atoms with Crippen LogP contribution in [0.2, 0.25) is 0 Å². The number of hydrogen-bond donors (Lipinski definition) is 2. The number of benzene rings is 2. The van der Waals surface area contributed by atoms with Crippen molar-refractivity contribution in [2.45, 2.75) is 0 Å². The zero-order valence-electron chi connectivity index (χ0n) is 16.6. The van der Waals surface area contributed by atoms with E-state index in [-0.39, 0.29) is 11.4 Å². The summed E-state index contributed by atoms with van der Waals surface area (Å²) in [5.74, 6) is 0.0108. The van der Waals surface area contributed by atoms with Crippen LogP contribution in [0.4, 0.5) is 21.6 Å². The third-order valence-electron chi connectivity index (χ3n) is 5.25. The second-order valence-corrected chi connectivity index (χ2v) is 7.26. The van der Waals surface area contributed by atoms with E-state index in [9.17, 15) is 9.18 Å². The molecule has 8 heteroatoms. The van der Waals surface area contributed by atoms with Gasteiger partial charge in [-0.3, -0.25) is 4.79 Å². The fourth-order valence-electron chi connectivity index (χ4n) is 3.69. The molecule has 0 aliphatic carbocycles. The van der Waals surface area contributed by atoms with Crippen LogP contribution in [0.1, 0.15) is 0 Å². The molecule has 1 aliphatic rings. The Balaban J connectivity index is 1.53. The lowest BCUT2D eigenvalue weighted by Gasteiger charge is -2.28. The highest BCUT2D eigenvalue weighted by molar-refractivity contribution is 5.92. The summed E-state index contributed by atoms with van der Waals surface area (Å²) in [5, 5.41) is 3.58. The predicted octanol–water partition coefficient (Wildman–Crippen LogP) is 3.70. The van der Waals surface area contributed by atoms with E-state index in [0.717, 1.165) is 37.7 Å². The number of nitrogens with one attached hydrogen (secondary N) is 2. The van der Waals surface area contributed by atoms with Crippen LogP contribution in [0.15, 0.2) is 65.7 Å². The van der Waals surface area contributed by atoms with Crippen molar-refractivity contribution < 1.29 is 9.13 Å². The molecule has 0 radical (unpaired) electrons. The lowest BCUT2D eigenvalue weighted by molar-refractivity contribution is 0.122. The Morgan fingerprint density at radius 2 is 1.87 bits per heavy atom. The number of H-pyrrole nitrogens is 1. The minimum atomic E-state index is -0.355. The number of rotatable bonds is 4. The first-order valence-electron chi connectivity index (χ1n) is 10.0. The Labute approximate surface area is 177 Å². The van der Waals surface area contributed by atoms with Crippen LogP contribution in [0, 0.1) is 5.82 Å². The monoisotopic (exact) mass is 417 g/mol. The van der Waals surface area contributed by atoms with E-state index in [4.69, 9.17) is 4.74 Å². The number of anilines is 3. The summed E-state index contributed by atoms with van der Waals surface area (Å²) in [7, 11) is 0. The predicted molar refractivity (Wildman–Crippen MR) is 118 cm³/mol. The highest BCUT2D eigenvalue weighted by Gasteiger charge is 2.14. The van der Waals surface area contributed by atoms with Gasteiger partial charge in [0.15, 0.2) is 0 Å². The molecule has 4 aromatic rings. The summed E-state index contributed by atoms with van der Waals surface area (Å²) in [5.41, 5.74) is 3.21. The maximum atomic E-state index is 13.7. The van der Waals surface area contributed by atoms with Crippen molar-refractivity contribution in [1.82, 2.24) is 15.0 Å². The number of morpholine rings is 1. The van der Waals surface area contributed by atoms with Crippen LogP contribution in [0.25, 0.3) is 22.2 Å². The molecule has 31 heavy (non-hydrogen) atoms. The molecule has 0 bridgehead atoms. The van der Waals surface area contributed by atoms with Crippen LogP contribution >= 0.6 is 0 Å². The van der Waals surface area contributed by atoms with Crippen LogP contribution in [0.3, 0.4) is 0 Å². The average Bonchev–Trinajstić information content (AvgIpc) is 2.80. The second-order valence-electron chi connectivity index (χ2n) is 7.26. The van der Waals surface area contributed by atoms with Crippen LogP contribution in [-0.2, 0) is 4.74 Å². The quantitative estimate of drug-likeness (QED) is 0.527. The first kappa shape index (κ1) is 19.2. The van der Waals surface area contributed by atoms with Gasteiger partial charge in [0.05, 0.1) is 30.8 Å². The third-order valence-corrected chi connectivity index (χ3v) is 5.25. The number of fused-ring (bicyclic) bond motifs is 1. The number of pyridine rings is 1. The van der Waals surface area contributed by atoms with E-state index in [2.05, 4.69) is 25.2 Å². The van der Waals surface area contributed by atoms with Gasteiger partial charge < -0.3 is 19.9 Å². The number of aromatic nitrogens is 3. The van der Waals surface area contributed by atoms with E-state index in [0.29, 0.717) is 28.0 Å². The molecule has 0 unspecified atom stereocenters. The Morgan fingerprint density at radius 1 is 1.06 bits per heavy atom. The number of halogens is 1. The van der Waals surface area contributed by atoms with Crippen LogP contribution < -0.4 is 15.8 Å². The van der Waals surface area contributed by atoms with Crippen LogP contribution in [0.5, 0.6) is 0 Å². The third kappa shape index (κ3) is 3.97. The smallest absolute Gasteiger partial charge is 0.262 e. The van der Waals surface area contributed by atoms with Crippen molar-refractivity contribution in [3.8, 4) is 11.3 Å². The SMILES string of the molecule is O=c1[nH]cnc2cc(-c3cccc(F)c3)nc(Nc3ccc(N4CCOCC4)cc3)c12. The Kier molecular flexibility index (Phi) is 5.05. The molecule has 1 fully saturated rings. The fourth-order valence-corrected chi connectivity index (χ4v) is 3.69. The molecular formula is C23H20FN5O2. The number of hydrogen-bond acceptors (Lipinski definition) is 6. The molecule has 1 aliphatic heterocycles. The minimum Gasteiger partial charge on any atom is -0.378 e. The standard InChI is InChI=1S/C23H20FN5O2/c24-16-3-1-2-15(12-16)19-13-20-21(23(30)26-14-25-20)22(28-19)27-17-4-6-18(7-5-17)29-8-10-31-11-9-29/h1-7,12-14H,8-11H2,(H,27,28)(H,25,26,30). The molecule has 3 heterocycles. The van der Waals surface area contributed by atoms with Crippen molar-refractivity contribution in [3.05, 3.63) is 77.1 Å². The van der Waals surface area contributed by atoms with Gasteiger partial charge >= 0.3 is 0 Å².